The number of benzene rings is 1. The lowest BCUT2D eigenvalue weighted by Gasteiger charge is -2.14. The predicted octanol–water partition coefficient (Wildman–Crippen LogP) is 2.55. The van der Waals surface area contributed by atoms with Crippen LogP contribution in [0, 0.1) is 0 Å². The van der Waals surface area contributed by atoms with E-state index in [1.807, 2.05) is 18.2 Å². The average Bonchev–Trinajstić information content (AvgIpc) is 3.10. The van der Waals surface area contributed by atoms with Gasteiger partial charge in [0, 0.05) is 6.42 Å². The highest BCUT2D eigenvalue weighted by Gasteiger charge is 2.13. The Morgan fingerprint density at radius 3 is 2.35 bits per heavy atom. The number of carbonyl (C=O) groups excluding carboxylic acids is 1. The molecular weight excluding hydrogens is 298 g/mol. The van der Waals surface area contributed by atoms with Gasteiger partial charge in [-0.2, -0.15) is 0 Å². The Balaban J connectivity index is 1.95. The van der Waals surface area contributed by atoms with Gasteiger partial charge in [0.2, 0.25) is 11.7 Å². The molecule has 0 atom stereocenters. The van der Waals surface area contributed by atoms with Crippen LogP contribution in [0.4, 0.5) is 0 Å². The van der Waals surface area contributed by atoms with Crippen LogP contribution in [0.15, 0.2) is 34.9 Å². The molecule has 1 heterocycles. The van der Waals surface area contributed by atoms with Gasteiger partial charge in [-0.05, 0) is 36.2 Å². The van der Waals surface area contributed by atoms with Crippen LogP contribution in [0.2, 0.25) is 0 Å². The van der Waals surface area contributed by atoms with Crippen LogP contribution in [0.25, 0.3) is 0 Å². The zero-order valence-corrected chi connectivity index (χ0v) is 13.5. The first-order valence-corrected chi connectivity index (χ1v) is 7.26. The molecule has 0 saturated heterocycles. The Labute approximate surface area is 135 Å². The zero-order chi connectivity index (χ0) is 16.7. The summed E-state index contributed by atoms with van der Waals surface area (Å²) in [5.41, 5.74) is 0.938. The number of methoxy groups -OCH3 is 3. The second kappa shape index (κ2) is 8.12. The molecule has 0 radical (unpaired) electrons. The van der Waals surface area contributed by atoms with Gasteiger partial charge in [-0.25, -0.2) is 0 Å². The maximum absolute atomic E-state index is 11.9. The number of amides is 1. The third-order valence-electron chi connectivity index (χ3n) is 3.41. The molecule has 0 aliphatic heterocycles. The van der Waals surface area contributed by atoms with Crippen LogP contribution in [0.3, 0.4) is 0 Å². The maximum Gasteiger partial charge on any atom is 0.220 e. The van der Waals surface area contributed by atoms with Crippen molar-refractivity contribution < 1.29 is 23.4 Å². The number of carbonyl (C=O) groups is 1. The first kappa shape index (κ1) is 16.7. The summed E-state index contributed by atoms with van der Waals surface area (Å²) in [5.74, 6) is 2.39. The molecule has 0 aliphatic rings. The minimum atomic E-state index is -0.0462. The minimum Gasteiger partial charge on any atom is -0.493 e. The van der Waals surface area contributed by atoms with E-state index in [4.69, 9.17) is 18.6 Å². The molecule has 0 saturated carbocycles. The van der Waals surface area contributed by atoms with Crippen LogP contribution in [-0.2, 0) is 17.8 Å². The van der Waals surface area contributed by atoms with Gasteiger partial charge in [0.05, 0.1) is 34.1 Å². The summed E-state index contributed by atoms with van der Waals surface area (Å²) in [6.07, 6.45) is 2.51. The normalized spacial score (nSPS) is 10.2. The van der Waals surface area contributed by atoms with Crippen molar-refractivity contribution in [2.45, 2.75) is 19.4 Å². The highest BCUT2D eigenvalue weighted by molar-refractivity contribution is 5.76. The van der Waals surface area contributed by atoms with Gasteiger partial charge >= 0.3 is 0 Å². The predicted molar refractivity (Wildman–Crippen MR) is 85.0 cm³/mol. The SMILES string of the molecule is COc1cc(CCC(=O)NCc2ccco2)cc(OC)c1OC. The first-order chi connectivity index (χ1) is 11.2. The van der Waals surface area contributed by atoms with Crippen molar-refractivity contribution in [2.75, 3.05) is 21.3 Å². The summed E-state index contributed by atoms with van der Waals surface area (Å²) in [6.45, 7) is 0.390. The average molecular weight is 319 g/mol. The van der Waals surface area contributed by atoms with Gasteiger partial charge in [-0.3, -0.25) is 4.79 Å². The Bertz CT molecular complexity index is 611. The highest BCUT2D eigenvalue weighted by atomic mass is 16.5. The third kappa shape index (κ3) is 4.42. The Morgan fingerprint density at radius 2 is 1.83 bits per heavy atom. The smallest absolute Gasteiger partial charge is 0.220 e. The molecule has 6 heteroatoms. The summed E-state index contributed by atoms with van der Waals surface area (Å²) in [7, 11) is 4.69. The quantitative estimate of drug-likeness (QED) is 0.810. The van der Waals surface area contributed by atoms with Gasteiger partial charge in [0.25, 0.3) is 0 Å². The van der Waals surface area contributed by atoms with Crippen molar-refractivity contribution in [3.05, 3.63) is 41.9 Å². The fourth-order valence-corrected chi connectivity index (χ4v) is 2.22. The summed E-state index contributed by atoms with van der Waals surface area (Å²) in [5, 5.41) is 2.82. The number of aryl methyl sites for hydroxylation is 1. The molecule has 1 aromatic heterocycles. The van der Waals surface area contributed by atoms with Gasteiger partial charge in [-0.15, -0.1) is 0 Å². The summed E-state index contributed by atoms with van der Waals surface area (Å²) >= 11 is 0. The van der Waals surface area contributed by atoms with E-state index in [1.54, 1.807) is 33.7 Å². The van der Waals surface area contributed by atoms with Crippen LogP contribution >= 0.6 is 0 Å². The molecule has 23 heavy (non-hydrogen) atoms. The van der Waals surface area contributed by atoms with E-state index in [0.29, 0.717) is 36.6 Å². The van der Waals surface area contributed by atoms with E-state index in [0.717, 1.165) is 11.3 Å². The molecule has 2 rings (SSSR count). The van der Waals surface area contributed by atoms with E-state index in [1.165, 1.54) is 0 Å². The van der Waals surface area contributed by atoms with Crippen molar-refractivity contribution in [1.29, 1.82) is 0 Å². The summed E-state index contributed by atoms with van der Waals surface area (Å²) < 4.78 is 21.1. The molecule has 124 valence electrons. The van der Waals surface area contributed by atoms with E-state index < -0.39 is 0 Å². The van der Waals surface area contributed by atoms with Crippen LogP contribution < -0.4 is 19.5 Å². The monoisotopic (exact) mass is 319 g/mol. The van der Waals surface area contributed by atoms with Crippen molar-refractivity contribution in [1.82, 2.24) is 5.32 Å². The second-order valence-electron chi connectivity index (χ2n) is 4.89. The number of nitrogens with one attached hydrogen (secondary N) is 1. The van der Waals surface area contributed by atoms with Gasteiger partial charge < -0.3 is 23.9 Å². The molecule has 1 N–H and O–H groups in total. The Morgan fingerprint density at radius 1 is 1.13 bits per heavy atom. The fourth-order valence-electron chi connectivity index (χ4n) is 2.22. The number of hydrogen-bond acceptors (Lipinski definition) is 5. The Hall–Kier alpha value is -2.63. The molecule has 0 spiro atoms. The number of hydrogen-bond donors (Lipinski definition) is 1. The standard InChI is InChI=1S/C17H21NO5/c1-20-14-9-12(10-15(21-2)17(14)22-3)6-7-16(19)18-11-13-5-4-8-23-13/h4-5,8-10H,6-7,11H2,1-3H3,(H,18,19). The largest absolute Gasteiger partial charge is 0.493 e. The van der Waals surface area contributed by atoms with Crippen molar-refractivity contribution in [3.63, 3.8) is 0 Å². The van der Waals surface area contributed by atoms with Crippen LogP contribution in [0.1, 0.15) is 17.7 Å². The number of furan rings is 1. The van der Waals surface area contributed by atoms with Crippen molar-refractivity contribution in [2.24, 2.45) is 0 Å². The van der Waals surface area contributed by atoms with Gasteiger partial charge in [0.15, 0.2) is 11.5 Å². The van der Waals surface area contributed by atoms with Gasteiger partial charge in [0.1, 0.15) is 5.76 Å². The van der Waals surface area contributed by atoms with E-state index >= 15 is 0 Å². The molecule has 0 fully saturated rings. The maximum atomic E-state index is 11.9. The van der Waals surface area contributed by atoms with E-state index in [2.05, 4.69) is 5.32 Å². The van der Waals surface area contributed by atoms with Gasteiger partial charge in [-0.1, -0.05) is 0 Å². The first-order valence-electron chi connectivity index (χ1n) is 7.26. The fraction of sp³-hybridized carbons (Fsp3) is 0.353. The van der Waals surface area contributed by atoms with E-state index in [9.17, 15) is 4.79 Å². The lowest BCUT2D eigenvalue weighted by molar-refractivity contribution is -0.121. The molecule has 1 amide bonds. The van der Waals surface area contributed by atoms with Crippen molar-refractivity contribution in [3.8, 4) is 17.2 Å². The topological polar surface area (TPSA) is 69.9 Å². The number of rotatable bonds is 8. The zero-order valence-electron chi connectivity index (χ0n) is 13.5. The highest BCUT2D eigenvalue weighted by Crippen LogP contribution is 2.38. The summed E-state index contributed by atoms with van der Waals surface area (Å²) in [4.78, 5) is 11.9. The minimum absolute atomic E-state index is 0.0462. The number of ether oxygens (including phenoxy) is 3. The molecule has 0 unspecified atom stereocenters. The molecule has 0 aliphatic carbocycles. The molecule has 0 bridgehead atoms. The molecule has 6 nitrogen and oxygen atoms in total. The van der Waals surface area contributed by atoms with Crippen LogP contribution in [-0.4, -0.2) is 27.2 Å². The lowest BCUT2D eigenvalue weighted by Crippen LogP contribution is -2.22. The lowest BCUT2D eigenvalue weighted by atomic mass is 10.1. The third-order valence-corrected chi connectivity index (χ3v) is 3.41. The molecule has 1 aromatic carbocycles. The van der Waals surface area contributed by atoms with E-state index in [-0.39, 0.29) is 5.91 Å². The van der Waals surface area contributed by atoms with Crippen LogP contribution in [0.5, 0.6) is 17.2 Å². The Kier molecular flexibility index (Phi) is 5.91. The molecule has 2 aromatic rings. The second-order valence-corrected chi connectivity index (χ2v) is 4.89. The summed E-state index contributed by atoms with van der Waals surface area (Å²) in [6, 6.07) is 7.30. The van der Waals surface area contributed by atoms with Crippen molar-refractivity contribution >= 4 is 5.91 Å². The molecular formula is C17H21NO5.